The van der Waals surface area contributed by atoms with Crippen LogP contribution in [0.1, 0.15) is 60.1 Å². The van der Waals surface area contributed by atoms with E-state index in [2.05, 4.69) is 27.3 Å². The second kappa shape index (κ2) is 12.9. The maximum Gasteiger partial charge on any atom is 0.328 e. The van der Waals surface area contributed by atoms with Crippen molar-refractivity contribution in [1.82, 2.24) is 5.32 Å². The molecule has 1 atom stereocenters. The first-order valence-corrected chi connectivity index (χ1v) is 11.2. The molecule has 152 valence electrons. The summed E-state index contributed by atoms with van der Waals surface area (Å²) in [4.78, 5) is 38.3. The van der Waals surface area contributed by atoms with E-state index in [0.717, 1.165) is 35.0 Å². The molecule has 0 aromatic carbocycles. The van der Waals surface area contributed by atoms with Crippen molar-refractivity contribution in [2.24, 2.45) is 0 Å². The smallest absolute Gasteiger partial charge is 0.328 e. The molecular weight excluding hydrogens is 434 g/mol. The SMILES string of the molecule is CCOC(=O)CC[C@H](NC(=O)c1sc(CCCBr)cc1CC)C(=O)OCC. The lowest BCUT2D eigenvalue weighted by atomic mass is 10.1. The van der Waals surface area contributed by atoms with E-state index in [9.17, 15) is 14.4 Å². The molecule has 8 heteroatoms. The number of carbonyl (C=O) groups excluding carboxylic acids is 3. The van der Waals surface area contributed by atoms with E-state index >= 15 is 0 Å². The number of rotatable bonds is 12. The second-order valence-electron chi connectivity index (χ2n) is 5.83. The third-order valence-corrected chi connectivity index (χ3v) is 5.62. The van der Waals surface area contributed by atoms with Crippen LogP contribution in [-0.4, -0.2) is 42.4 Å². The van der Waals surface area contributed by atoms with E-state index in [1.165, 1.54) is 11.3 Å². The van der Waals surface area contributed by atoms with Crippen molar-refractivity contribution >= 4 is 45.1 Å². The topological polar surface area (TPSA) is 81.7 Å². The molecule has 0 spiro atoms. The fourth-order valence-corrected chi connectivity index (χ4v) is 3.99. The van der Waals surface area contributed by atoms with Crippen LogP contribution < -0.4 is 5.32 Å². The Morgan fingerprint density at radius 1 is 1.19 bits per heavy atom. The largest absolute Gasteiger partial charge is 0.466 e. The minimum atomic E-state index is -0.875. The third kappa shape index (κ3) is 8.01. The lowest BCUT2D eigenvalue weighted by molar-refractivity contribution is -0.146. The van der Waals surface area contributed by atoms with Gasteiger partial charge in [-0.2, -0.15) is 0 Å². The van der Waals surface area contributed by atoms with Gasteiger partial charge in [0.1, 0.15) is 6.04 Å². The van der Waals surface area contributed by atoms with Crippen molar-refractivity contribution in [3.8, 4) is 0 Å². The van der Waals surface area contributed by atoms with Crippen molar-refractivity contribution in [2.45, 2.75) is 58.9 Å². The summed E-state index contributed by atoms with van der Waals surface area (Å²) in [7, 11) is 0. The van der Waals surface area contributed by atoms with Crippen LogP contribution in [0.4, 0.5) is 0 Å². The number of hydrogen-bond acceptors (Lipinski definition) is 6. The Bertz CT molecular complexity index is 632. The molecule has 0 aliphatic heterocycles. The Morgan fingerprint density at radius 3 is 2.48 bits per heavy atom. The number of nitrogens with one attached hydrogen (secondary N) is 1. The summed E-state index contributed by atoms with van der Waals surface area (Å²) in [6.07, 6.45) is 2.82. The quantitative estimate of drug-likeness (QED) is 0.379. The molecule has 0 aliphatic rings. The van der Waals surface area contributed by atoms with Gasteiger partial charge in [0.2, 0.25) is 0 Å². The van der Waals surface area contributed by atoms with Crippen LogP contribution in [0.25, 0.3) is 0 Å². The summed E-state index contributed by atoms with van der Waals surface area (Å²) in [5.74, 6) is -1.24. The maximum absolute atomic E-state index is 12.8. The van der Waals surface area contributed by atoms with Gasteiger partial charge >= 0.3 is 11.9 Å². The van der Waals surface area contributed by atoms with Crippen molar-refractivity contribution < 1.29 is 23.9 Å². The standard InChI is InChI=1S/C19H28BrNO5S/c1-4-13-12-14(8-7-11-20)27-17(13)18(23)21-15(19(24)26-6-3)9-10-16(22)25-5-2/h12,15H,4-11H2,1-3H3,(H,21,23)/t15-/m0/s1. The Morgan fingerprint density at radius 2 is 1.89 bits per heavy atom. The molecule has 27 heavy (non-hydrogen) atoms. The van der Waals surface area contributed by atoms with E-state index in [-0.39, 0.29) is 32.0 Å². The number of carbonyl (C=O) groups is 3. The molecule has 0 aliphatic carbocycles. The summed E-state index contributed by atoms with van der Waals surface area (Å²) in [6.45, 7) is 5.91. The Labute approximate surface area is 173 Å². The van der Waals surface area contributed by atoms with Crippen LogP contribution in [-0.2, 0) is 31.9 Å². The molecule has 0 unspecified atom stereocenters. The molecule has 1 aromatic rings. The molecular formula is C19H28BrNO5S. The van der Waals surface area contributed by atoms with Gasteiger partial charge in [0.05, 0.1) is 18.1 Å². The summed E-state index contributed by atoms with van der Waals surface area (Å²) < 4.78 is 9.93. The van der Waals surface area contributed by atoms with E-state index < -0.39 is 18.0 Å². The predicted octanol–water partition coefficient (Wildman–Crippen LogP) is 3.64. The number of halogens is 1. The number of esters is 2. The molecule has 1 aromatic heterocycles. The van der Waals surface area contributed by atoms with Crippen LogP contribution in [0.3, 0.4) is 0 Å². The Kier molecular flexibility index (Phi) is 11.3. The molecule has 0 bridgehead atoms. The molecule has 6 nitrogen and oxygen atoms in total. The highest BCUT2D eigenvalue weighted by Crippen LogP contribution is 2.25. The van der Waals surface area contributed by atoms with Gasteiger partial charge in [-0.05, 0) is 51.2 Å². The molecule has 0 saturated carbocycles. The minimum Gasteiger partial charge on any atom is -0.466 e. The van der Waals surface area contributed by atoms with Gasteiger partial charge in [-0.3, -0.25) is 9.59 Å². The monoisotopic (exact) mass is 461 g/mol. The highest BCUT2D eigenvalue weighted by Gasteiger charge is 2.25. The summed E-state index contributed by atoms with van der Waals surface area (Å²) in [5.41, 5.74) is 0.968. The Balaban J connectivity index is 2.86. The zero-order chi connectivity index (χ0) is 20.2. The number of amides is 1. The van der Waals surface area contributed by atoms with E-state index in [0.29, 0.717) is 4.88 Å². The van der Waals surface area contributed by atoms with E-state index in [1.807, 2.05) is 6.92 Å². The number of hydrogen-bond donors (Lipinski definition) is 1. The van der Waals surface area contributed by atoms with E-state index in [4.69, 9.17) is 9.47 Å². The highest BCUT2D eigenvalue weighted by molar-refractivity contribution is 9.09. The van der Waals surface area contributed by atoms with Crippen LogP contribution in [0.15, 0.2) is 6.07 Å². The van der Waals surface area contributed by atoms with Crippen LogP contribution in [0.5, 0.6) is 0 Å². The van der Waals surface area contributed by atoms with Crippen molar-refractivity contribution in [2.75, 3.05) is 18.5 Å². The fourth-order valence-electron chi connectivity index (χ4n) is 2.52. The summed E-state index contributed by atoms with van der Waals surface area (Å²) >= 11 is 4.87. The number of aryl methyl sites for hydroxylation is 2. The lowest BCUT2D eigenvalue weighted by Crippen LogP contribution is -2.42. The maximum atomic E-state index is 12.8. The van der Waals surface area contributed by atoms with Gasteiger partial charge in [-0.25, -0.2) is 4.79 Å². The van der Waals surface area contributed by atoms with E-state index in [1.54, 1.807) is 13.8 Å². The van der Waals surface area contributed by atoms with Crippen molar-refractivity contribution in [3.63, 3.8) is 0 Å². The minimum absolute atomic E-state index is 0.0408. The molecule has 1 heterocycles. The lowest BCUT2D eigenvalue weighted by Gasteiger charge is -2.17. The van der Waals surface area contributed by atoms with Gasteiger partial charge in [0, 0.05) is 16.6 Å². The normalized spacial score (nSPS) is 11.7. The van der Waals surface area contributed by atoms with Gasteiger partial charge in [-0.1, -0.05) is 22.9 Å². The third-order valence-electron chi connectivity index (χ3n) is 3.82. The number of ether oxygens (including phenoxy) is 2. The summed E-state index contributed by atoms with van der Waals surface area (Å²) in [6, 6.07) is 1.18. The molecule has 0 fully saturated rings. The Hall–Kier alpha value is -1.41. The molecule has 0 saturated heterocycles. The average molecular weight is 462 g/mol. The van der Waals surface area contributed by atoms with Gasteiger partial charge in [0.15, 0.2) is 0 Å². The van der Waals surface area contributed by atoms with Crippen LogP contribution in [0.2, 0.25) is 0 Å². The van der Waals surface area contributed by atoms with Gasteiger partial charge < -0.3 is 14.8 Å². The molecule has 1 rings (SSSR count). The molecule has 1 amide bonds. The first-order chi connectivity index (χ1) is 13.0. The zero-order valence-electron chi connectivity index (χ0n) is 16.1. The summed E-state index contributed by atoms with van der Waals surface area (Å²) in [5, 5.41) is 3.65. The average Bonchev–Trinajstić information content (AvgIpc) is 3.07. The van der Waals surface area contributed by atoms with Crippen LogP contribution in [0, 0.1) is 0 Å². The van der Waals surface area contributed by atoms with Gasteiger partial charge in [0.25, 0.3) is 5.91 Å². The number of alkyl halides is 1. The van der Waals surface area contributed by atoms with Crippen LogP contribution >= 0.6 is 27.3 Å². The van der Waals surface area contributed by atoms with Gasteiger partial charge in [-0.15, -0.1) is 11.3 Å². The second-order valence-corrected chi connectivity index (χ2v) is 7.76. The molecule has 1 N–H and O–H groups in total. The zero-order valence-corrected chi connectivity index (χ0v) is 18.5. The van der Waals surface area contributed by atoms with Crippen molar-refractivity contribution in [3.05, 3.63) is 21.4 Å². The highest BCUT2D eigenvalue weighted by atomic mass is 79.9. The van der Waals surface area contributed by atoms with Crippen molar-refractivity contribution in [1.29, 1.82) is 0 Å². The first-order valence-electron chi connectivity index (χ1n) is 9.27. The number of thiophene rings is 1. The molecule has 0 radical (unpaired) electrons. The first kappa shape index (κ1) is 23.6. The predicted molar refractivity (Wildman–Crippen MR) is 110 cm³/mol. The fraction of sp³-hybridized carbons (Fsp3) is 0.632.